The van der Waals surface area contributed by atoms with Gasteiger partial charge in [-0.2, -0.15) is 0 Å². The Morgan fingerprint density at radius 2 is 1.55 bits per heavy atom. The first kappa shape index (κ1) is 25.7. The minimum absolute atomic E-state index is 0.0684. The van der Waals surface area contributed by atoms with Gasteiger partial charge in [-0.1, -0.05) is 40.7 Å². The van der Waals surface area contributed by atoms with Crippen molar-refractivity contribution in [1.82, 2.24) is 0 Å². The molecule has 0 unspecified atom stereocenters. The fourth-order valence-corrected chi connectivity index (χ4v) is 9.75. The molecule has 12 atom stereocenters. The average Bonchev–Trinajstić information content (AvgIpc) is 3.11. The average molecular weight is 463 g/mol. The lowest BCUT2D eigenvalue weighted by Crippen LogP contribution is -2.57. The summed E-state index contributed by atoms with van der Waals surface area (Å²) in [5.74, 6) is 3.26. The molecule has 0 spiro atoms. The number of fused-ring (bicyclic) bond motifs is 5. The van der Waals surface area contributed by atoms with Crippen LogP contribution in [0.3, 0.4) is 0 Å². The van der Waals surface area contributed by atoms with E-state index in [0.29, 0.717) is 29.6 Å². The Hall–Kier alpha value is -0.420. The smallest absolute Gasteiger partial charge is 0.101 e. The normalized spacial score (nSPS) is 48.6. The monoisotopic (exact) mass is 462 g/mol. The van der Waals surface area contributed by atoms with Crippen LogP contribution in [-0.4, -0.2) is 44.8 Å². The van der Waals surface area contributed by atoms with E-state index in [1.165, 1.54) is 32.1 Å². The minimum Gasteiger partial charge on any atom is -0.390 e. The van der Waals surface area contributed by atoms with Crippen molar-refractivity contribution in [3.05, 3.63) is 11.6 Å². The molecular weight excluding hydrogens is 412 g/mol. The molecule has 4 N–H and O–H groups in total. The van der Waals surface area contributed by atoms with E-state index in [4.69, 9.17) is 0 Å². The standard InChI is InChI=1S/C29H50O4/c1-7-19(16(2)3)27(33)26(32)17(4)21-10-11-22-20-9-8-18-14-24(30)25(31)15-29(18,6)23(20)12-13-28(21,22)5/h7,16-18,20-27,30-33H,8-15H2,1-6H3/b19-7+/t17-,18-,20-,21+,22-,23-,24-,25+,26+,27+,28+,29-/m0/s1. The van der Waals surface area contributed by atoms with Crippen molar-refractivity contribution in [2.45, 2.75) is 117 Å². The Morgan fingerprint density at radius 3 is 2.18 bits per heavy atom. The lowest BCUT2D eigenvalue weighted by atomic mass is 9.44. The number of hydrogen-bond acceptors (Lipinski definition) is 4. The van der Waals surface area contributed by atoms with Crippen LogP contribution >= 0.6 is 0 Å². The van der Waals surface area contributed by atoms with Gasteiger partial charge in [0.05, 0.1) is 18.3 Å². The molecule has 0 aromatic rings. The van der Waals surface area contributed by atoms with Crippen LogP contribution in [0.1, 0.15) is 92.9 Å². The van der Waals surface area contributed by atoms with Gasteiger partial charge in [0.1, 0.15) is 6.10 Å². The van der Waals surface area contributed by atoms with E-state index >= 15 is 0 Å². The van der Waals surface area contributed by atoms with Gasteiger partial charge in [0.2, 0.25) is 0 Å². The van der Waals surface area contributed by atoms with Crippen molar-refractivity contribution >= 4 is 0 Å². The highest BCUT2D eigenvalue weighted by atomic mass is 16.3. The molecule has 4 aliphatic carbocycles. The predicted molar refractivity (Wildman–Crippen MR) is 132 cm³/mol. The summed E-state index contributed by atoms with van der Waals surface area (Å²) in [5, 5.41) is 43.1. The molecule has 0 bridgehead atoms. The minimum atomic E-state index is -0.784. The Kier molecular flexibility index (Phi) is 7.17. The van der Waals surface area contributed by atoms with Gasteiger partial charge in [-0.25, -0.2) is 0 Å². The van der Waals surface area contributed by atoms with E-state index in [0.717, 1.165) is 24.8 Å². The Balaban J connectivity index is 1.53. The lowest BCUT2D eigenvalue weighted by molar-refractivity contribution is -0.162. The second-order valence-electron chi connectivity index (χ2n) is 13.2. The Morgan fingerprint density at radius 1 is 0.879 bits per heavy atom. The maximum absolute atomic E-state index is 11.2. The number of aliphatic hydroxyl groups is 4. The van der Waals surface area contributed by atoms with Gasteiger partial charge < -0.3 is 20.4 Å². The van der Waals surface area contributed by atoms with E-state index < -0.39 is 24.4 Å². The molecule has 0 heterocycles. The van der Waals surface area contributed by atoms with Crippen molar-refractivity contribution in [2.75, 3.05) is 0 Å². The van der Waals surface area contributed by atoms with E-state index in [2.05, 4.69) is 34.6 Å². The summed E-state index contributed by atoms with van der Waals surface area (Å²) in [5.41, 5.74) is 1.30. The largest absolute Gasteiger partial charge is 0.390 e. The van der Waals surface area contributed by atoms with Gasteiger partial charge in [-0.3, -0.25) is 0 Å². The van der Waals surface area contributed by atoms with Crippen molar-refractivity contribution < 1.29 is 20.4 Å². The van der Waals surface area contributed by atoms with Crippen molar-refractivity contribution in [1.29, 1.82) is 0 Å². The molecule has 4 nitrogen and oxygen atoms in total. The summed E-state index contributed by atoms with van der Waals surface area (Å²) in [6.07, 6.45) is 8.01. The van der Waals surface area contributed by atoms with E-state index in [1.807, 2.05) is 13.0 Å². The molecule has 4 saturated carbocycles. The maximum Gasteiger partial charge on any atom is 0.101 e. The van der Waals surface area contributed by atoms with Gasteiger partial charge in [0, 0.05) is 0 Å². The summed E-state index contributed by atoms with van der Waals surface area (Å²) in [7, 11) is 0. The van der Waals surface area contributed by atoms with Gasteiger partial charge in [-0.15, -0.1) is 0 Å². The molecule has 0 aliphatic heterocycles. The van der Waals surface area contributed by atoms with Gasteiger partial charge >= 0.3 is 0 Å². The second-order valence-corrected chi connectivity index (χ2v) is 13.2. The topological polar surface area (TPSA) is 80.9 Å². The second kappa shape index (κ2) is 9.22. The molecule has 0 aromatic carbocycles. The molecule has 4 aliphatic rings. The van der Waals surface area contributed by atoms with Crippen LogP contribution in [0.2, 0.25) is 0 Å². The Labute approximate surface area is 201 Å². The van der Waals surface area contributed by atoms with E-state index in [1.54, 1.807) is 0 Å². The highest BCUT2D eigenvalue weighted by Crippen LogP contribution is 2.68. The number of aliphatic hydroxyl groups excluding tert-OH is 4. The quantitative estimate of drug-likeness (QED) is 0.436. The Bertz CT molecular complexity index is 733. The van der Waals surface area contributed by atoms with Crippen LogP contribution in [-0.2, 0) is 0 Å². The first-order valence-electron chi connectivity index (χ1n) is 13.8. The van der Waals surface area contributed by atoms with Gasteiger partial charge in [0.25, 0.3) is 0 Å². The van der Waals surface area contributed by atoms with Crippen LogP contribution < -0.4 is 0 Å². The van der Waals surface area contributed by atoms with Gasteiger partial charge in [-0.05, 0) is 116 Å². The SMILES string of the molecule is C/C=C(\C(C)C)[C@@H](O)[C@H](O)[C@@H](C)[C@H]1CC[C@H]2[C@@H]3CC[C@H]4C[C@H](O)[C@H](O)C[C@]4(C)[C@H]3CC[C@]12C. The number of hydrogen-bond donors (Lipinski definition) is 4. The highest BCUT2D eigenvalue weighted by Gasteiger charge is 2.61. The van der Waals surface area contributed by atoms with Crippen molar-refractivity contribution in [3.8, 4) is 0 Å². The number of rotatable bonds is 5. The fraction of sp³-hybridized carbons (Fsp3) is 0.931. The lowest BCUT2D eigenvalue weighted by Gasteiger charge is -2.61. The van der Waals surface area contributed by atoms with Crippen LogP contribution in [0.4, 0.5) is 0 Å². The van der Waals surface area contributed by atoms with Gasteiger partial charge in [0.15, 0.2) is 0 Å². The van der Waals surface area contributed by atoms with E-state index in [-0.39, 0.29) is 22.7 Å². The van der Waals surface area contributed by atoms with Crippen LogP contribution in [0.5, 0.6) is 0 Å². The molecule has 4 heteroatoms. The zero-order valence-electron chi connectivity index (χ0n) is 21.9. The fourth-order valence-electron chi connectivity index (χ4n) is 9.75. The number of allylic oxidation sites excluding steroid dienone is 1. The summed E-state index contributed by atoms with van der Waals surface area (Å²) in [4.78, 5) is 0. The maximum atomic E-state index is 11.2. The predicted octanol–water partition coefficient (Wildman–Crippen LogP) is 4.94. The molecular formula is C29H50O4. The molecule has 190 valence electrons. The van der Waals surface area contributed by atoms with Crippen LogP contribution in [0, 0.1) is 52.3 Å². The van der Waals surface area contributed by atoms with Crippen LogP contribution in [0.25, 0.3) is 0 Å². The third kappa shape index (κ3) is 4.05. The summed E-state index contributed by atoms with van der Waals surface area (Å²) in [6.45, 7) is 13.2. The van der Waals surface area contributed by atoms with Crippen LogP contribution in [0.15, 0.2) is 11.6 Å². The first-order chi connectivity index (χ1) is 15.5. The molecule has 0 radical (unpaired) electrons. The molecule has 0 aromatic heterocycles. The highest BCUT2D eigenvalue weighted by molar-refractivity contribution is 5.15. The van der Waals surface area contributed by atoms with Crippen molar-refractivity contribution in [3.63, 3.8) is 0 Å². The third-order valence-electron chi connectivity index (χ3n) is 11.6. The molecule has 0 saturated heterocycles. The molecule has 33 heavy (non-hydrogen) atoms. The molecule has 0 amide bonds. The summed E-state index contributed by atoms with van der Waals surface area (Å²) < 4.78 is 0. The molecule has 4 rings (SSSR count). The first-order valence-corrected chi connectivity index (χ1v) is 13.8. The summed E-state index contributed by atoms with van der Waals surface area (Å²) >= 11 is 0. The molecule has 4 fully saturated rings. The third-order valence-corrected chi connectivity index (χ3v) is 11.6. The van der Waals surface area contributed by atoms with E-state index in [9.17, 15) is 20.4 Å². The zero-order valence-corrected chi connectivity index (χ0v) is 21.9. The van der Waals surface area contributed by atoms with Crippen molar-refractivity contribution in [2.24, 2.45) is 52.3 Å². The zero-order chi connectivity index (χ0) is 24.3. The summed E-state index contributed by atoms with van der Waals surface area (Å²) in [6, 6.07) is 0.